The van der Waals surface area contributed by atoms with Gasteiger partial charge < -0.3 is 18.9 Å². The Kier molecular flexibility index (Phi) is 8.15. The van der Waals surface area contributed by atoms with Gasteiger partial charge in [0.25, 0.3) is 0 Å². The monoisotopic (exact) mass is 314 g/mol. The molecule has 2 atom stereocenters. The summed E-state index contributed by atoms with van der Waals surface area (Å²) in [4.78, 5) is 0. The molecule has 2 fully saturated rings. The molecule has 4 heteroatoms. The summed E-state index contributed by atoms with van der Waals surface area (Å²) in [6.07, 6.45) is 12.6. The summed E-state index contributed by atoms with van der Waals surface area (Å²) in [5.41, 5.74) is 0. The Balaban J connectivity index is 1.33. The maximum atomic E-state index is 5.82. The van der Waals surface area contributed by atoms with Crippen molar-refractivity contribution in [3.05, 3.63) is 0 Å². The van der Waals surface area contributed by atoms with Gasteiger partial charge in [-0.2, -0.15) is 0 Å². The van der Waals surface area contributed by atoms with Crippen LogP contribution < -0.4 is 0 Å². The van der Waals surface area contributed by atoms with Crippen molar-refractivity contribution in [1.82, 2.24) is 0 Å². The fraction of sp³-hybridized carbons (Fsp3) is 1.00. The molecule has 2 aliphatic heterocycles. The number of hydrogen-bond donors (Lipinski definition) is 0. The zero-order valence-electron chi connectivity index (χ0n) is 14.5. The molecule has 2 unspecified atom stereocenters. The lowest BCUT2D eigenvalue weighted by atomic mass is 10.1. The maximum absolute atomic E-state index is 5.82. The number of unbranched alkanes of at least 4 members (excludes halogenated alkanes) is 5. The first kappa shape index (κ1) is 18.2. The Morgan fingerprint density at radius 2 is 1.77 bits per heavy atom. The second-order valence-corrected chi connectivity index (χ2v) is 7.03. The van der Waals surface area contributed by atoms with Crippen LogP contribution in [0.15, 0.2) is 0 Å². The molecular weight excluding hydrogens is 280 g/mol. The van der Waals surface area contributed by atoms with E-state index in [0.29, 0.717) is 6.10 Å². The van der Waals surface area contributed by atoms with Gasteiger partial charge in [0.2, 0.25) is 0 Å². The zero-order valence-corrected chi connectivity index (χ0v) is 14.5. The normalized spacial score (nSPS) is 28.1. The Morgan fingerprint density at radius 1 is 1.00 bits per heavy atom. The van der Waals surface area contributed by atoms with Crippen molar-refractivity contribution >= 4 is 0 Å². The second kappa shape index (κ2) is 9.86. The lowest BCUT2D eigenvalue weighted by Crippen LogP contribution is -2.22. The molecule has 2 aliphatic rings. The molecule has 0 saturated carbocycles. The third-order valence-electron chi connectivity index (χ3n) is 4.43. The van der Waals surface area contributed by atoms with E-state index >= 15 is 0 Å². The molecule has 2 heterocycles. The van der Waals surface area contributed by atoms with E-state index in [0.717, 1.165) is 39.1 Å². The predicted octanol–water partition coefficient (Wildman–Crippen LogP) is 4.41. The van der Waals surface area contributed by atoms with Crippen LogP contribution >= 0.6 is 0 Å². The summed E-state index contributed by atoms with van der Waals surface area (Å²) in [7, 11) is 0. The Morgan fingerprint density at radius 3 is 2.45 bits per heavy atom. The van der Waals surface area contributed by atoms with E-state index < -0.39 is 0 Å². The number of hydrogen-bond acceptors (Lipinski definition) is 4. The molecule has 0 aromatic rings. The van der Waals surface area contributed by atoms with Gasteiger partial charge in [-0.1, -0.05) is 32.1 Å². The Hall–Kier alpha value is -0.160. The minimum Gasteiger partial charge on any atom is -0.353 e. The Labute approximate surface area is 135 Å². The smallest absolute Gasteiger partial charge is 0.163 e. The largest absolute Gasteiger partial charge is 0.353 e. The minimum atomic E-state index is -0.368. The lowest BCUT2D eigenvalue weighted by Gasteiger charge is -2.22. The van der Waals surface area contributed by atoms with Gasteiger partial charge in [-0.3, -0.25) is 0 Å². The highest BCUT2D eigenvalue weighted by Crippen LogP contribution is 2.25. The van der Waals surface area contributed by atoms with Crippen LogP contribution in [-0.2, 0) is 18.9 Å². The fourth-order valence-electron chi connectivity index (χ4n) is 3.14. The fourth-order valence-corrected chi connectivity index (χ4v) is 3.14. The van der Waals surface area contributed by atoms with Crippen LogP contribution in [0.2, 0.25) is 0 Å². The topological polar surface area (TPSA) is 36.9 Å². The highest BCUT2D eigenvalue weighted by atomic mass is 16.7. The molecule has 0 spiro atoms. The van der Waals surface area contributed by atoms with Crippen molar-refractivity contribution in [2.24, 2.45) is 0 Å². The molecule has 0 N–H and O–H groups in total. The van der Waals surface area contributed by atoms with Gasteiger partial charge in [-0.05, 0) is 46.0 Å². The van der Waals surface area contributed by atoms with Crippen molar-refractivity contribution in [2.45, 2.75) is 96.2 Å². The van der Waals surface area contributed by atoms with E-state index in [1.54, 1.807) is 0 Å². The molecule has 22 heavy (non-hydrogen) atoms. The average molecular weight is 314 g/mol. The first-order chi connectivity index (χ1) is 10.7. The van der Waals surface area contributed by atoms with Crippen LogP contribution in [0.25, 0.3) is 0 Å². The van der Waals surface area contributed by atoms with Gasteiger partial charge in [0.05, 0.1) is 12.7 Å². The van der Waals surface area contributed by atoms with E-state index in [-0.39, 0.29) is 12.1 Å². The molecule has 0 amide bonds. The molecule has 0 aromatic heterocycles. The molecule has 0 radical (unpaired) electrons. The summed E-state index contributed by atoms with van der Waals surface area (Å²) in [6, 6.07) is 0. The summed E-state index contributed by atoms with van der Waals surface area (Å²) in [5, 5.41) is 0. The van der Waals surface area contributed by atoms with Crippen LogP contribution in [0.5, 0.6) is 0 Å². The molecule has 0 aliphatic carbocycles. The third kappa shape index (κ3) is 7.40. The van der Waals surface area contributed by atoms with E-state index in [9.17, 15) is 0 Å². The van der Waals surface area contributed by atoms with Gasteiger partial charge in [0.15, 0.2) is 12.1 Å². The quantitative estimate of drug-likeness (QED) is 0.560. The van der Waals surface area contributed by atoms with E-state index in [4.69, 9.17) is 18.9 Å². The van der Waals surface area contributed by atoms with Crippen molar-refractivity contribution in [1.29, 1.82) is 0 Å². The lowest BCUT2D eigenvalue weighted by molar-refractivity contribution is -0.162. The van der Waals surface area contributed by atoms with Crippen molar-refractivity contribution in [3.63, 3.8) is 0 Å². The van der Waals surface area contributed by atoms with E-state index in [1.165, 1.54) is 44.9 Å². The average Bonchev–Trinajstić information content (AvgIpc) is 2.86. The van der Waals surface area contributed by atoms with Gasteiger partial charge in [0, 0.05) is 13.2 Å². The SMILES string of the molecule is CC1(C)OCC(CCCCCCCCOC2CCCCO2)O1. The molecule has 0 bridgehead atoms. The van der Waals surface area contributed by atoms with Crippen LogP contribution in [0.3, 0.4) is 0 Å². The van der Waals surface area contributed by atoms with Crippen LogP contribution in [0, 0.1) is 0 Å². The standard InChI is InChI=1S/C18H34O4/c1-18(2)21-15-16(22-18)11-7-5-3-4-6-9-13-19-17-12-8-10-14-20-17/h16-17H,3-15H2,1-2H3. The zero-order chi connectivity index (χ0) is 15.7. The minimum absolute atomic E-state index is 0.0756. The van der Waals surface area contributed by atoms with Crippen LogP contribution in [-0.4, -0.2) is 38.0 Å². The van der Waals surface area contributed by atoms with Gasteiger partial charge in [0.1, 0.15) is 0 Å². The maximum Gasteiger partial charge on any atom is 0.163 e. The molecule has 2 rings (SSSR count). The Bertz CT molecular complexity index is 287. The van der Waals surface area contributed by atoms with Gasteiger partial charge in [-0.15, -0.1) is 0 Å². The second-order valence-electron chi connectivity index (χ2n) is 7.03. The summed E-state index contributed by atoms with van der Waals surface area (Å²) < 4.78 is 22.7. The first-order valence-electron chi connectivity index (χ1n) is 9.21. The van der Waals surface area contributed by atoms with Crippen molar-refractivity contribution < 1.29 is 18.9 Å². The molecule has 130 valence electrons. The van der Waals surface area contributed by atoms with E-state index in [2.05, 4.69) is 0 Å². The summed E-state index contributed by atoms with van der Waals surface area (Å²) in [5.74, 6) is -0.368. The molecule has 4 nitrogen and oxygen atoms in total. The first-order valence-corrected chi connectivity index (χ1v) is 9.21. The number of rotatable bonds is 10. The highest BCUT2D eigenvalue weighted by molar-refractivity contribution is 4.70. The predicted molar refractivity (Wildman–Crippen MR) is 86.8 cm³/mol. The molecule has 2 saturated heterocycles. The molecule has 0 aromatic carbocycles. The van der Waals surface area contributed by atoms with Gasteiger partial charge >= 0.3 is 0 Å². The van der Waals surface area contributed by atoms with Gasteiger partial charge in [-0.25, -0.2) is 0 Å². The molecular formula is C18H34O4. The van der Waals surface area contributed by atoms with Crippen LogP contribution in [0.4, 0.5) is 0 Å². The van der Waals surface area contributed by atoms with Crippen LogP contribution in [0.1, 0.15) is 78.1 Å². The summed E-state index contributed by atoms with van der Waals surface area (Å²) in [6.45, 7) is 6.47. The van der Waals surface area contributed by atoms with Crippen molar-refractivity contribution in [3.8, 4) is 0 Å². The number of ether oxygens (including phenoxy) is 4. The van der Waals surface area contributed by atoms with E-state index in [1.807, 2.05) is 13.8 Å². The third-order valence-corrected chi connectivity index (χ3v) is 4.43. The highest BCUT2D eigenvalue weighted by Gasteiger charge is 2.31. The van der Waals surface area contributed by atoms with Crippen molar-refractivity contribution in [2.75, 3.05) is 19.8 Å². The summed E-state index contributed by atoms with van der Waals surface area (Å²) >= 11 is 0.